The first-order valence-electron chi connectivity index (χ1n) is 7.79. The lowest BCUT2D eigenvalue weighted by atomic mass is 9.95. The molecule has 0 saturated heterocycles. The number of rotatable bonds is 5. The second-order valence-corrected chi connectivity index (χ2v) is 6.00. The molecule has 0 spiro atoms. The number of benzene rings is 1. The van der Waals surface area contributed by atoms with Gasteiger partial charge in [-0.15, -0.1) is 0 Å². The Labute approximate surface area is 128 Å². The van der Waals surface area contributed by atoms with Crippen molar-refractivity contribution in [3.63, 3.8) is 0 Å². The smallest absolute Gasteiger partial charge is 0.0577 e. The van der Waals surface area contributed by atoms with Crippen LogP contribution in [0.4, 0.5) is 0 Å². The molecule has 2 nitrogen and oxygen atoms in total. The third-order valence-corrected chi connectivity index (χ3v) is 3.78. The highest BCUT2D eigenvalue weighted by Gasteiger charge is 2.14. The third kappa shape index (κ3) is 3.92. The molecule has 2 rings (SSSR count). The van der Waals surface area contributed by atoms with E-state index in [0.717, 1.165) is 17.9 Å². The Bertz CT molecular complexity index is 565. The Kier molecular flexibility index (Phi) is 5.13. The summed E-state index contributed by atoms with van der Waals surface area (Å²) >= 11 is 0. The van der Waals surface area contributed by atoms with Crippen LogP contribution >= 0.6 is 0 Å². The molecule has 2 aromatic rings. The van der Waals surface area contributed by atoms with Crippen LogP contribution < -0.4 is 5.32 Å². The van der Waals surface area contributed by atoms with Crippen molar-refractivity contribution in [1.29, 1.82) is 0 Å². The monoisotopic (exact) mass is 282 g/mol. The summed E-state index contributed by atoms with van der Waals surface area (Å²) in [5, 5.41) is 3.59. The van der Waals surface area contributed by atoms with Gasteiger partial charge in [0.15, 0.2) is 0 Å². The average molecular weight is 282 g/mol. The van der Waals surface area contributed by atoms with Gasteiger partial charge in [-0.3, -0.25) is 4.98 Å². The van der Waals surface area contributed by atoms with E-state index in [-0.39, 0.29) is 6.04 Å². The molecule has 0 radical (unpaired) electrons. The summed E-state index contributed by atoms with van der Waals surface area (Å²) in [7, 11) is 0. The van der Waals surface area contributed by atoms with E-state index in [0.29, 0.717) is 5.92 Å². The molecule has 1 heterocycles. The zero-order valence-corrected chi connectivity index (χ0v) is 13.8. The Balaban J connectivity index is 2.38. The van der Waals surface area contributed by atoms with E-state index in [1.54, 1.807) is 0 Å². The molecule has 0 aliphatic heterocycles. The van der Waals surface area contributed by atoms with Crippen molar-refractivity contribution in [1.82, 2.24) is 10.3 Å². The van der Waals surface area contributed by atoms with E-state index >= 15 is 0 Å². The summed E-state index contributed by atoms with van der Waals surface area (Å²) in [6.07, 6.45) is 0. The molecule has 1 unspecified atom stereocenters. The minimum absolute atomic E-state index is 0.233. The van der Waals surface area contributed by atoms with Gasteiger partial charge in [0.1, 0.15) is 0 Å². The zero-order chi connectivity index (χ0) is 15.4. The first-order valence-corrected chi connectivity index (χ1v) is 7.79. The number of hydrogen-bond acceptors (Lipinski definition) is 2. The molecule has 0 fully saturated rings. The SMILES string of the molecule is CCNC(c1ccc(C(C)C)cc1)c1cc(C)nc(C)c1. The average Bonchev–Trinajstić information content (AvgIpc) is 2.44. The standard InChI is InChI=1S/C19H26N2/c1-6-20-19(18-11-14(4)21-15(5)12-18)17-9-7-16(8-10-17)13(2)3/h7-13,19-20H,6H2,1-5H3. The topological polar surface area (TPSA) is 24.9 Å². The van der Waals surface area contributed by atoms with Crippen molar-refractivity contribution in [3.8, 4) is 0 Å². The van der Waals surface area contributed by atoms with Crippen LogP contribution in [0.2, 0.25) is 0 Å². The second-order valence-electron chi connectivity index (χ2n) is 6.00. The summed E-state index contributed by atoms with van der Waals surface area (Å²) < 4.78 is 0. The molecular weight excluding hydrogens is 256 g/mol. The normalized spacial score (nSPS) is 12.7. The van der Waals surface area contributed by atoms with Crippen molar-refractivity contribution in [2.45, 2.75) is 46.6 Å². The maximum Gasteiger partial charge on any atom is 0.0577 e. The molecule has 0 saturated carbocycles. The summed E-state index contributed by atoms with van der Waals surface area (Å²) in [6, 6.07) is 13.6. The van der Waals surface area contributed by atoms with Crippen molar-refractivity contribution in [2.75, 3.05) is 6.54 Å². The van der Waals surface area contributed by atoms with Gasteiger partial charge >= 0.3 is 0 Å². The van der Waals surface area contributed by atoms with Crippen LogP contribution in [0.1, 0.15) is 60.8 Å². The second kappa shape index (κ2) is 6.86. The largest absolute Gasteiger partial charge is 0.307 e. The van der Waals surface area contributed by atoms with Crippen molar-refractivity contribution < 1.29 is 0 Å². The van der Waals surface area contributed by atoms with Crippen LogP contribution in [0.5, 0.6) is 0 Å². The number of aryl methyl sites for hydroxylation is 2. The fourth-order valence-corrected chi connectivity index (χ4v) is 2.74. The molecule has 0 bridgehead atoms. The van der Waals surface area contributed by atoms with Crippen LogP contribution in [-0.4, -0.2) is 11.5 Å². The van der Waals surface area contributed by atoms with Gasteiger partial charge in [0.2, 0.25) is 0 Å². The predicted molar refractivity (Wildman–Crippen MR) is 89.8 cm³/mol. The van der Waals surface area contributed by atoms with Gasteiger partial charge in [-0.1, -0.05) is 45.0 Å². The summed E-state index contributed by atoms with van der Waals surface area (Å²) in [6.45, 7) is 11.7. The maximum absolute atomic E-state index is 4.48. The lowest BCUT2D eigenvalue weighted by molar-refractivity contribution is 0.628. The van der Waals surface area contributed by atoms with Gasteiger partial charge in [-0.05, 0) is 55.1 Å². The number of aromatic nitrogens is 1. The van der Waals surface area contributed by atoms with Gasteiger partial charge in [0, 0.05) is 11.4 Å². The van der Waals surface area contributed by atoms with Crippen LogP contribution in [0.3, 0.4) is 0 Å². The van der Waals surface area contributed by atoms with Crippen molar-refractivity contribution in [3.05, 3.63) is 64.5 Å². The van der Waals surface area contributed by atoms with E-state index in [4.69, 9.17) is 0 Å². The van der Waals surface area contributed by atoms with Crippen LogP contribution in [-0.2, 0) is 0 Å². The van der Waals surface area contributed by atoms with Gasteiger partial charge in [0.05, 0.1) is 6.04 Å². The number of hydrogen-bond donors (Lipinski definition) is 1. The minimum Gasteiger partial charge on any atom is -0.307 e. The predicted octanol–water partition coefficient (Wildman–Crippen LogP) is 4.52. The molecule has 0 aliphatic carbocycles. The van der Waals surface area contributed by atoms with E-state index < -0.39 is 0 Å². The highest BCUT2D eigenvalue weighted by atomic mass is 14.9. The Morgan fingerprint density at radius 3 is 1.90 bits per heavy atom. The van der Waals surface area contributed by atoms with Gasteiger partial charge in [0.25, 0.3) is 0 Å². The third-order valence-electron chi connectivity index (χ3n) is 3.78. The Morgan fingerprint density at radius 2 is 1.43 bits per heavy atom. The molecule has 0 amide bonds. The van der Waals surface area contributed by atoms with Crippen molar-refractivity contribution >= 4 is 0 Å². The molecule has 112 valence electrons. The zero-order valence-electron chi connectivity index (χ0n) is 13.8. The number of nitrogens with zero attached hydrogens (tertiary/aromatic N) is 1. The lowest BCUT2D eigenvalue weighted by Gasteiger charge is -2.20. The molecular formula is C19H26N2. The molecule has 1 atom stereocenters. The number of nitrogens with one attached hydrogen (secondary N) is 1. The van der Waals surface area contributed by atoms with Gasteiger partial charge < -0.3 is 5.32 Å². The van der Waals surface area contributed by atoms with E-state index in [1.807, 2.05) is 0 Å². The molecule has 2 heteroatoms. The fraction of sp³-hybridized carbons (Fsp3) is 0.421. The van der Waals surface area contributed by atoms with Crippen molar-refractivity contribution in [2.24, 2.45) is 0 Å². The summed E-state index contributed by atoms with van der Waals surface area (Å²) in [5.74, 6) is 0.571. The Hall–Kier alpha value is -1.67. The quantitative estimate of drug-likeness (QED) is 0.872. The summed E-state index contributed by atoms with van der Waals surface area (Å²) in [5.41, 5.74) is 6.14. The summed E-state index contributed by atoms with van der Waals surface area (Å²) in [4.78, 5) is 4.48. The number of pyridine rings is 1. The highest BCUT2D eigenvalue weighted by molar-refractivity contribution is 5.35. The lowest BCUT2D eigenvalue weighted by Crippen LogP contribution is -2.22. The van der Waals surface area contributed by atoms with Crippen LogP contribution in [0.25, 0.3) is 0 Å². The minimum atomic E-state index is 0.233. The van der Waals surface area contributed by atoms with Gasteiger partial charge in [-0.2, -0.15) is 0 Å². The Morgan fingerprint density at radius 1 is 0.905 bits per heavy atom. The van der Waals surface area contributed by atoms with Crippen LogP contribution in [0.15, 0.2) is 36.4 Å². The first kappa shape index (κ1) is 15.7. The first-order chi connectivity index (χ1) is 10.0. The molecule has 0 aliphatic rings. The van der Waals surface area contributed by atoms with E-state index in [2.05, 4.69) is 81.3 Å². The molecule has 1 aromatic carbocycles. The van der Waals surface area contributed by atoms with Gasteiger partial charge in [-0.25, -0.2) is 0 Å². The highest BCUT2D eigenvalue weighted by Crippen LogP contribution is 2.25. The maximum atomic E-state index is 4.48. The molecule has 1 aromatic heterocycles. The molecule has 1 N–H and O–H groups in total. The molecule has 21 heavy (non-hydrogen) atoms. The van der Waals surface area contributed by atoms with Crippen LogP contribution in [0, 0.1) is 13.8 Å². The van der Waals surface area contributed by atoms with E-state index in [1.165, 1.54) is 16.7 Å². The van der Waals surface area contributed by atoms with E-state index in [9.17, 15) is 0 Å². The fourth-order valence-electron chi connectivity index (χ4n) is 2.74.